The normalized spacial score (nSPS) is 22.2. The Hall–Kier alpha value is -4.18. The van der Waals surface area contributed by atoms with Crippen molar-refractivity contribution in [1.82, 2.24) is 20.1 Å². The number of nitrogens with one attached hydrogen (secondary N) is 2. The third-order valence-electron chi connectivity index (χ3n) is 9.38. The minimum absolute atomic E-state index is 0.0483. The van der Waals surface area contributed by atoms with E-state index in [1.54, 1.807) is 12.1 Å². The summed E-state index contributed by atoms with van der Waals surface area (Å²) in [5.41, 5.74) is 5.46. The molecule has 7 rings (SSSR count). The number of carbonyl (C=O) groups is 1. The van der Waals surface area contributed by atoms with Crippen molar-refractivity contribution in [1.29, 1.82) is 5.26 Å². The van der Waals surface area contributed by atoms with Crippen LogP contribution < -0.4 is 15.4 Å². The number of carbonyl (C=O) groups excluding carboxylic acids is 1. The van der Waals surface area contributed by atoms with Crippen LogP contribution in [0.25, 0.3) is 0 Å². The number of hydrogen-bond donors (Lipinski definition) is 2. The Morgan fingerprint density at radius 2 is 1.79 bits per heavy atom. The molecule has 5 heterocycles. The zero-order chi connectivity index (χ0) is 32.0. The number of nitriles is 1. The van der Waals surface area contributed by atoms with Crippen molar-refractivity contribution >= 4 is 17.6 Å². The minimum atomic E-state index is -0.154. The van der Waals surface area contributed by atoms with E-state index in [9.17, 15) is 4.79 Å². The lowest BCUT2D eigenvalue weighted by Gasteiger charge is -2.32. The molecular formula is C35H43N7O5. The van der Waals surface area contributed by atoms with Crippen LogP contribution in [0.1, 0.15) is 60.0 Å². The maximum absolute atomic E-state index is 13.8. The summed E-state index contributed by atoms with van der Waals surface area (Å²) in [6.07, 6.45) is 6.92. The molecule has 1 aliphatic carbocycles. The molecule has 0 radical (unpaired) electrons. The molecule has 1 aromatic carbocycles. The number of benzene rings is 1. The Kier molecular flexibility index (Phi) is 9.84. The molecular weight excluding hydrogens is 598 g/mol. The summed E-state index contributed by atoms with van der Waals surface area (Å²) in [5.74, 6) is 0.482. The van der Waals surface area contributed by atoms with Gasteiger partial charge in [-0.15, -0.1) is 0 Å². The quantitative estimate of drug-likeness (QED) is 0.420. The van der Waals surface area contributed by atoms with Gasteiger partial charge in [-0.25, -0.2) is 9.98 Å². The van der Waals surface area contributed by atoms with Crippen LogP contribution in [-0.2, 0) is 20.8 Å². The Bertz CT molecular complexity index is 1510. The van der Waals surface area contributed by atoms with E-state index < -0.39 is 0 Å². The first-order chi connectivity index (χ1) is 23.1. The van der Waals surface area contributed by atoms with Gasteiger partial charge in [0, 0.05) is 82.8 Å². The van der Waals surface area contributed by atoms with Gasteiger partial charge >= 0.3 is 0 Å². The number of amides is 1. The van der Waals surface area contributed by atoms with E-state index in [0.717, 1.165) is 101 Å². The SMILES string of the molecule is N#Cc1ccc(OC2CCN(C3=NC(C(Nc4ccc(CN5CCOCC5)cc4C(=O)NC4CCOCC4)=C4CC4)CO3)CC2)nc1. The topological polar surface area (TPSA) is 134 Å². The van der Waals surface area contributed by atoms with Gasteiger partial charge in [-0.2, -0.15) is 5.26 Å². The predicted molar refractivity (Wildman–Crippen MR) is 175 cm³/mol. The number of morpholine rings is 1. The van der Waals surface area contributed by atoms with Crippen molar-refractivity contribution in [2.45, 2.75) is 63.3 Å². The fourth-order valence-electron chi connectivity index (χ4n) is 6.53. The molecule has 4 aliphatic heterocycles. The van der Waals surface area contributed by atoms with Crippen LogP contribution in [0.15, 0.2) is 52.8 Å². The molecule has 1 aromatic heterocycles. The molecule has 1 atom stereocenters. The van der Waals surface area contributed by atoms with Gasteiger partial charge in [0.05, 0.1) is 30.0 Å². The average Bonchev–Trinajstić information content (AvgIpc) is 3.84. The summed E-state index contributed by atoms with van der Waals surface area (Å²) in [6, 6.07) is 12.4. The highest BCUT2D eigenvalue weighted by molar-refractivity contribution is 6.00. The molecule has 0 bridgehead atoms. The smallest absolute Gasteiger partial charge is 0.288 e. The van der Waals surface area contributed by atoms with Gasteiger partial charge in [0.15, 0.2) is 0 Å². The van der Waals surface area contributed by atoms with Crippen molar-refractivity contribution in [3.63, 3.8) is 0 Å². The molecule has 1 unspecified atom stereocenters. The van der Waals surface area contributed by atoms with Crippen LogP contribution in [0.4, 0.5) is 5.69 Å². The molecule has 1 amide bonds. The standard InChI is InChI=1S/C35H43N7O5/c36-20-25-2-6-32(37-21-25)47-28-7-11-42(12-8-28)35-40-31(23-46-35)33(26-3-4-26)39-30-5-1-24(22-41-13-17-45-18-14-41)19-29(30)34(43)38-27-9-15-44-16-10-27/h1-2,5-6,19,21,27-28,31,39H,3-4,7-18,22-23H2,(H,38,43). The molecule has 2 aromatic rings. The van der Waals surface area contributed by atoms with Gasteiger partial charge in [-0.1, -0.05) is 6.07 Å². The molecule has 5 aliphatic rings. The second kappa shape index (κ2) is 14.7. The van der Waals surface area contributed by atoms with Crippen molar-refractivity contribution in [3.05, 3.63) is 64.5 Å². The number of piperidine rings is 1. The fraction of sp³-hybridized carbons (Fsp3) is 0.543. The number of anilines is 1. The van der Waals surface area contributed by atoms with Crippen molar-refractivity contribution < 1.29 is 23.7 Å². The lowest BCUT2D eigenvalue weighted by atomic mass is 10.0. The number of ether oxygens (including phenoxy) is 4. The fourth-order valence-corrected chi connectivity index (χ4v) is 6.53. The molecule has 12 heteroatoms. The maximum Gasteiger partial charge on any atom is 0.288 e. The lowest BCUT2D eigenvalue weighted by molar-refractivity contribution is 0.0341. The van der Waals surface area contributed by atoms with Crippen LogP contribution in [-0.4, -0.2) is 104 Å². The summed E-state index contributed by atoms with van der Waals surface area (Å²) >= 11 is 0. The second-order valence-corrected chi connectivity index (χ2v) is 12.8. The molecule has 3 saturated heterocycles. The van der Waals surface area contributed by atoms with E-state index in [4.69, 9.17) is 29.2 Å². The van der Waals surface area contributed by atoms with E-state index in [1.165, 1.54) is 11.8 Å². The first-order valence-corrected chi connectivity index (χ1v) is 16.9. The number of allylic oxidation sites excluding steroid dienone is 1. The van der Waals surface area contributed by atoms with E-state index >= 15 is 0 Å². The highest BCUT2D eigenvalue weighted by atomic mass is 16.5. The molecule has 2 N–H and O–H groups in total. The molecule has 4 fully saturated rings. The minimum Gasteiger partial charge on any atom is -0.474 e. The Morgan fingerprint density at radius 3 is 2.51 bits per heavy atom. The molecule has 0 spiro atoms. The van der Waals surface area contributed by atoms with Crippen LogP contribution in [0, 0.1) is 11.3 Å². The zero-order valence-electron chi connectivity index (χ0n) is 26.8. The summed E-state index contributed by atoms with van der Waals surface area (Å²) in [7, 11) is 0. The van der Waals surface area contributed by atoms with Gasteiger partial charge in [0.25, 0.3) is 11.9 Å². The molecule has 12 nitrogen and oxygen atoms in total. The van der Waals surface area contributed by atoms with Gasteiger partial charge in [-0.3, -0.25) is 9.69 Å². The summed E-state index contributed by atoms with van der Waals surface area (Å²) < 4.78 is 23.3. The van der Waals surface area contributed by atoms with Gasteiger partial charge in [0.1, 0.15) is 24.8 Å². The number of aliphatic imine (C=N–C) groups is 1. The number of pyridine rings is 1. The number of nitrogens with zero attached hydrogens (tertiary/aromatic N) is 5. The average molecular weight is 642 g/mol. The highest BCUT2D eigenvalue weighted by Gasteiger charge is 2.33. The molecule has 248 valence electrons. The van der Waals surface area contributed by atoms with Crippen molar-refractivity contribution in [2.24, 2.45) is 4.99 Å². The van der Waals surface area contributed by atoms with Crippen molar-refractivity contribution in [3.8, 4) is 11.9 Å². The zero-order valence-corrected chi connectivity index (χ0v) is 26.8. The van der Waals surface area contributed by atoms with Gasteiger partial charge in [0.2, 0.25) is 5.88 Å². The Labute approximate surface area is 275 Å². The first-order valence-electron chi connectivity index (χ1n) is 16.9. The Morgan fingerprint density at radius 1 is 1.00 bits per heavy atom. The largest absolute Gasteiger partial charge is 0.474 e. The van der Waals surface area contributed by atoms with E-state index in [-0.39, 0.29) is 24.1 Å². The molecule has 47 heavy (non-hydrogen) atoms. The van der Waals surface area contributed by atoms with Gasteiger partial charge < -0.3 is 34.5 Å². The number of likely N-dealkylation sites (tertiary alicyclic amines) is 1. The number of hydrogen-bond acceptors (Lipinski definition) is 11. The predicted octanol–water partition coefficient (Wildman–Crippen LogP) is 3.45. The van der Waals surface area contributed by atoms with Crippen molar-refractivity contribution in [2.75, 3.05) is 64.5 Å². The first kappa shape index (κ1) is 31.4. The van der Waals surface area contributed by atoms with Gasteiger partial charge in [-0.05, 0) is 55.0 Å². The lowest BCUT2D eigenvalue weighted by Crippen LogP contribution is -2.42. The maximum atomic E-state index is 13.8. The summed E-state index contributed by atoms with van der Waals surface area (Å²) in [5, 5.41) is 16.0. The number of aromatic nitrogens is 1. The number of rotatable bonds is 9. The highest BCUT2D eigenvalue weighted by Crippen LogP contribution is 2.36. The second-order valence-electron chi connectivity index (χ2n) is 12.8. The van der Waals surface area contributed by atoms with Crippen LogP contribution in [0.2, 0.25) is 0 Å². The third kappa shape index (κ3) is 8.04. The number of amidine groups is 1. The van der Waals surface area contributed by atoms with Crippen LogP contribution >= 0.6 is 0 Å². The van der Waals surface area contributed by atoms with E-state index in [1.807, 2.05) is 12.1 Å². The van der Waals surface area contributed by atoms with Crippen LogP contribution in [0.3, 0.4) is 0 Å². The third-order valence-corrected chi connectivity index (χ3v) is 9.38. The van der Waals surface area contributed by atoms with E-state index in [2.05, 4.69) is 37.6 Å². The van der Waals surface area contributed by atoms with E-state index in [0.29, 0.717) is 42.8 Å². The monoisotopic (exact) mass is 641 g/mol. The molecule has 1 saturated carbocycles. The summed E-state index contributed by atoms with van der Waals surface area (Å²) in [6.45, 7) is 7.38. The van der Waals surface area contributed by atoms with Crippen LogP contribution in [0.5, 0.6) is 5.88 Å². The summed E-state index contributed by atoms with van der Waals surface area (Å²) in [4.78, 5) is 27.6. The Balaban J connectivity index is 1.02.